The average Bonchev–Trinajstić information content (AvgIpc) is 3.04. The van der Waals surface area contributed by atoms with E-state index >= 15 is 0 Å². The lowest BCUT2D eigenvalue weighted by Crippen LogP contribution is -2.28. The number of benzene rings is 2. The van der Waals surface area contributed by atoms with E-state index in [1.54, 1.807) is 0 Å². The summed E-state index contributed by atoms with van der Waals surface area (Å²) in [4.78, 5) is 17.1. The van der Waals surface area contributed by atoms with Gasteiger partial charge in [-0.1, -0.05) is 60.7 Å². The van der Waals surface area contributed by atoms with Gasteiger partial charge in [0, 0.05) is 11.3 Å². The molecule has 0 radical (unpaired) electrons. The maximum Gasteiger partial charge on any atom is 0.271 e. The van der Waals surface area contributed by atoms with E-state index in [4.69, 9.17) is 4.99 Å². The molecule has 0 aliphatic carbocycles. The minimum atomic E-state index is -0.156. The van der Waals surface area contributed by atoms with Crippen LogP contribution in [0.2, 0.25) is 0 Å². The van der Waals surface area contributed by atoms with Crippen molar-refractivity contribution in [3.05, 3.63) is 71.9 Å². The summed E-state index contributed by atoms with van der Waals surface area (Å²) < 4.78 is 0. The second kappa shape index (κ2) is 7.35. The summed E-state index contributed by atoms with van der Waals surface area (Å²) in [6.07, 6.45) is 2.83. The van der Waals surface area contributed by atoms with Crippen molar-refractivity contribution in [3.63, 3.8) is 0 Å². The van der Waals surface area contributed by atoms with Gasteiger partial charge in [0.2, 0.25) is 0 Å². The second-order valence-electron chi connectivity index (χ2n) is 6.36. The molecule has 5 heteroatoms. The lowest BCUT2D eigenvalue weighted by atomic mass is 10.1. The molecule has 2 aromatic carbocycles. The lowest BCUT2D eigenvalue weighted by Gasteiger charge is -2.05. The molecule has 4 rings (SSSR count). The van der Waals surface area contributed by atoms with E-state index in [1.165, 1.54) is 5.56 Å². The fourth-order valence-electron chi connectivity index (χ4n) is 3.15. The maximum atomic E-state index is 12.3. The van der Waals surface area contributed by atoms with Crippen LogP contribution in [0.5, 0.6) is 0 Å². The van der Waals surface area contributed by atoms with E-state index in [-0.39, 0.29) is 5.91 Å². The minimum Gasteiger partial charge on any atom is -0.345 e. The molecule has 5 nitrogen and oxygen atoms in total. The Morgan fingerprint density at radius 2 is 1.65 bits per heavy atom. The highest BCUT2D eigenvalue weighted by atomic mass is 16.2. The van der Waals surface area contributed by atoms with E-state index in [2.05, 4.69) is 39.8 Å². The molecule has 1 aliphatic rings. The summed E-state index contributed by atoms with van der Waals surface area (Å²) in [6, 6.07) is 20.2. The number of aromatic amines is 1. The van der Waals surface area contributed by atoms with E-state index in [0.29, 0.717) is 17.9 Å². The molecule has 3 aromatic rings. The number of aliphatic imine (C=N–C) groups is 1. The Balaban J connectivity index is 1.57. The van der Waals surface area contributed by atoms with Crippen molar-refractivity contribution in [1.82, 2.24) is 15.5 Å². The van der Waals surface area contributed by atoms with E-state index < -0.39 is 0 Å². The van der Waals surface area contributed by atoms with Crippen LogP contribution < -0.4 is 5.32 Å². The van der Waals surface area contributed by atoms with Gasteiger partial charge in [-0.05, 0) is 24.8 Å². The van der Waals surface area contributed by atoms with Gasteiger partial charge < -0.3 is 5.32 Å². The molecule has 0 atom stereocenters. The van der Waals surface area contributed by atoms with Crippen LogP contribution in [0.1, 0.15) is 28.9 Å². The molecule has 1 aromatic heterocycles. The zero-order chi connectivity index (χ0) is 17.8. The Morgan fingerprint density at radius 3 is 2.42 bits per heavy atom. The van der Waals surface area contributed by atoms with Gasteiger partial charge in [0.25, 0.3) is 5.91 Å². The third-order valence-corrected chi connectivity index (χ3v) is 4.51. The molecular formula is C21H20N4O. The molecule has 26 heavy (non-hydrogen) atoms. The topological polar surface area (TPSA) is 70.1 Å². The van der Waals surface area contributed by atoms with Crippen molar-refractivity contribution in [1.29, 1.82) is 0 Å². The number of carbonyl (C=O) groups excluding carboxylic acids is 1. The van der Waals surface area contributed by atoms with Gasteiger partial charge in [0.15, 0.2) is 0 Å². The van der Waals surface area contributed by atoms with Gasteiger partial charge in [-0.2, -0.15) is 5.10 Å². The summed E-state index contributed by atoms with van der Waals surface area (Å²) >= 11 is 0. The molecule has 2 heterocycles. The molecule has 2 N–H and O–H groups in total. The Labute approximate surface area is 152 Å². The SMILES string of the molecule is O=C1NCC(CCCc2ccccc2)=Nc2c(-c3ccccc3)n[nH]c21. The molecule has 1 amide bonds. The van der Waals surface area contributed by atoms with E-state index in [1.807, 2.05) is 36.4 Å². The van der Waals surface area contributed by atoms with Crippen LogP contribution in [0.4, 0.5) is 5.69 Å². The number of carbonyl (C=O) groups is 1. The number of amides is 1. The van der Waals surface area contributed by atoms with E-state index in [9.17, 15) is 4.79 Å². The largest absolute Gasteiger partial charge is 0.345 e. The van der Waals surface area contributed by atoms with Gasteiger partial charge in [0.1, 0.15) is 17.1 Å². The highest BCUT2D eigenvalue weighted by Gasteiger charge is 2.23. The molecule has 0 bridgehead atoms. The monoisotopic (exact) mass is 344 g/mol. The second-order valence-corrected chi connectivity index (χ2v) is 6.36. The number of hydrogen-bond donors (Lipinski definition) is 2. The number of hydrogen-bond acceptors (Lipinski definition) is 3. The highest BCUT2D eigenvalue weighted by molar-refractivity contribution is 6.06. The van der Waals surface area contributed by atoms with Crippen LogP contribution in [0.25, 0.3) is 11.3 Å². The van der Waals surface area contributed by atoms with Crippen molar-refractivity contribution < 1.29 is 4.79 Å². The van der Waals surface area contributed by atoms with Crippen LogP contribution in [0, 0.1) is 0 Å². The lowest BCUT2D eigenvalue weighted by molar-refractivity contribution is 0.0956. The minimum absolute atomic E-state index is 0.156. The highest BCUT2D eigenvalue weighted by Crippen LogP contribution is 2.32. The maximum absolute atomic E-state index is 12.3. The number of aryl methyl sites for hydroxylation is 1. The van der Waals surface area contributed by atoms with Crippen LogP contribution in [-0.2, 0) is 6.42 Å². The molecule has 0 spiro atoms. The Morgan fingerprint density at radius 1 is 0.923 bits per heavy atom. The summed E-state index contributed by atoms with van der Waals surface area (Å²) in [7, 11) is 0. The van der Waals surface area contributed by atoms with Gasteiger partial charge in [-0.3, -0.25) is 14.9 Å². The molecule has 1 aliphatic heterocycles. The summed E-state index contributed by atoms with van der Waals surface area (Å²) in [6.45, 7) is 0.477. The standard InChI is InChI=1S/C21H20N4O/c26-21-20-19(18(24-25-20)16-11-5-2-6-12-16)23-17(14-22-21)13-7-10-15-8-3-1-4-9-15/h1-6,8-9,11-12H,7,10,13-14H2,(H,22,26)(H,24,25). The quantitative estimate of drug-likeness (QED) is 0.736. The first-order valence-corrected chi connectivity index (χ1v) is 8.83. The fourth-order valence-corrected chi connectivity index (χ4v) is 3.15. The Bertz CT molecular complexity index is 929. The van der Waals surface area contributed by atoms with Crippen molar-refractivity contribution >= 4 is 17.3 Å². The predicted octanol–water partition coefficient (Wildman–Crippen LogP) is 3.92. The molecule has 0 unspecified atom stereocenters. The zero-order valence-electron chi connectivity index (χ0n) is 14.4. The number of aromatic nitrogens is 2. The number of nitrogens with one attached hydrogen (secondary N) is 2. The van der Waals surface area contributed by atoms with Crippen molar-refractivity contribution in [2.45, 2.75) is 19.3 Å². The number of H-pyrrole nitrogens is 1. The first kappa shape index (κ1) is 16.3. The molecule has 0 saturated heterocycles. The van der Waals surface area contributed by atoms with E-state index in [0.717, 1.165) is 36.2 Å². The smallest absolute Gasteiger partial charge is 0.271 e. The third-order valence-electron chi connectivity index (χ3n) is 4.51. The molecule has 0 saturated carbocycles. The third kappa shape index (κ3) is 3.42. The molecule has 130 valence electrons. The summed E-state index contributed by atoms with van der Waals surface area (Å²) in [5, 5.41) is 10.1. The normalized spacial score (nSPS) is 13.5. The van der Waals surface area contributed by atoms with Gasteiger partial charge in [-0.15, -0.1) is 0 Å². The van der Waals surface area contributed by atoms with Crippen molar-refractivity contribution in [2.75, 3.05) is 6.54 Å². The Hall–Kier alpha value is -3.21. The molecule has 0 fully saturated rings. The van der Waals surface area contributed by atoms with Crippen LogP contribution >= 0.6 is 0 Å². The number of rotatable bonds is 5. The molecular weight excluding hydrogens is 324 g/mol. The van der Waals surface area contributed by atoms with Crippen molar-refractivity contribution in [2.24, 2.45) is 4.99 Å². The van der Waals surface area contributed by atoms with Crippen molar-refractivity contribution in [3.8, 4) is 11.3 Å². The zero-order valence-corrected chi connectivity index (χ0v) is 14.4. The predicted molar refractivity (Wildman–Crippen MR) is 103 cm³/mol. The van der Waals surface area contributed by atoms with Crippen LogP contribution in [0.15, 0.2) is 65.7 Å². The number of nitrogens with zero attached hydrogens (tertiary/aromatic N) is 2. The van der Waals surface area contributed by atoms with Crippen LogP contribution in [-0.4, -0.2) is 28.4 Å². The van der Waals surface area contributed by atoms with Gasteiger partial charge in [-0.25, -0.2) is 0 Å². The van der Waals surface area contributed by atoms with Crippen LogP contribution in [0.3, 0.4) is 0 Å². The average molecular weight is 344 g/mol. The Kier molecular flexibility index (Phi) is 4.60. The summed E-state index contributed by atoms with van der Waals surface area (Å²) in [5.41, 5.74) is 5.04. The first-order valence-electron chi connectivity index (χ1n) is 8.83. The van der Waals surface area contributed by atoms with Gasteiger partial charge in [0.05, 0.1) is 6.54 Å². The number of fused-ring (bicyclic) bond motifs is 1. The summed E-state index contributed by atoms with van der Waals surface area (Å²) in [5.74, 6) is -0.156. The first-order chi connectivity index (χ1) is 12.8. The fraction of sp³-hybridized carbons (Fsp3) is 0.190. The van der Waals surface area contributed by atoms with Gasteiger partial charge >= 0.3 is 0 Å².